The number of hydrogen-bond donors (Lipinski definition) is 3. The van der Waals surface area contributed by atoms with Gasteiger partial charge in [-0.1, -0.05) is 12.1 Å². The molecule has 17 heteroatoms. The van der Waals surface area contributed by atoms with Crippen molar-refractivity contribution in [3.63, 3.8) is 0 Å². The fourth-order valence-electron chi connectivity index (χ4n) is 10.2. The highest BCUT2D eigenvalue weighted by molar-refractivity contribution is 6.23. The number of benzene rings is 2. The van der Waals surface area contributed by atoms with Crippen molar-refractivity contribution in [1.82, 2.24) is 34.9 Å². The SMILES string of the molecule is CN1CCN([C@@H]2CCCN(c3cnc(C(N)=O)c(Nc4ccc(C5CCN(CCC6CCN(c7ccc8c(c7)C(=O)N(C7CCC(=O)NC7=O)C8=O)CC6)CC5)cc4)n3)C2)C1=O.[HH]. The maximum Gasteiger partial charge on any atom is 0.320 e. The summed E-state index contributed by atoms with van der Waals surface area (Å²) >= 11 is 0. The minimum Gasteiger partial charge on any atom is -0.371 e. The van der Waals surface area contributed by atoms with Crippen molar-refractivity contribution in [3.05, 3.63) is 71.0 Å². The fraction of sp³-hybridized carbons (Fsp3) is 0.511. The van der Waals surface area contributed by atoms with Crippen molar-refractivity contribution < 1.29 is 30.2 Å². The molecule has 6 aliphatic rings. The molecule has 0 radical (unpaired) electrons. The van der Waals surface area contributed by atoms with Gasteiger partial charge in [0.05, 0.1) is 23.4 Å². The number of fused-ring (bicyclic) bond motifs is 1. The van der Waals surface area contributed by atoms with Crippen LogP contribution in [0.2, 0.25) is 0 Å². The van der Waals surface area contributed by atoms with Gasteiger partial charge in [-0.2, -0.15) is 0 Å². The van der Waals surface area contributed by atoms with Crippen LogP contribution >= 0.6 is 0 Å². The first-order chi connectivity index (χ1) is 30.0. The first-order valence-electron chi connectivity index (χ1n) is 22.1. The van der Waals surface area contributed by atoms with E-state index in [0.29, 0.717) is 41.1 Å². The monoisotopic (exact) mass is 847 g/mol. The Hall–Kier alpha value is -6.10. The zero-order valence-electron chi connectivity index (χ0n) is 35.3. The fourth-order valence-corrected chi connectivity index (χ4v) is 10.2. The van der Waals surface area contributed by atoms with Crippen LogP contribution in [0.15, 0.2) is 48.7 Å². The minimum absolute atomic E-state index is 0. The Morgan fingerprint density at radius 2 is 1.61 bits per heavy atom. The molecule has 0 aliphatic carbocycles. The smallest absolute Gasteiger partial charge is 0.320 e. The summed E-state index contributed by atoms with van der Waals surface area (Å²) in [5.41, 5.74) is 9.42. The van der Waals surface area contributed by atoms with Crippen LogP contribution in [-0.4, -0.2) is 143 Å². The number of nitrogens with zero attached hydrogens (tertiary/aromatic N) is 8. The molecular formula is C45H57N11O6. The van der Waals surface area contributed by atoms with E-state index in [9.17, 15) is 28.8 Å². The Balaban J connectivity index is 0.00000544. The number of aromatic nitrogens is 2. The highest BCUT2D eigenvalue weighted by atomic mass is 16.2. The quantitative estimate of drug-likeness (QED) is 0.237. The number of amides is 7. The highest BCUT2D eigenvalue weighted by Gasteiger charge is 2.45. The second kappa shape index (κ2) is 17.3. The first kappa shape index (κ1) is 41.3. The molecule has 0 spiro atoms. The van der Waals surface area contributed by atoms with Gasteiger partial charge in [-0.25, -0.2) is 14.8 Å². The lowest BCUT2D eigenvalue weighted by molar-refractivity contribution is -0.136. The van der Waals surface area contributed by atoms with E-state index >= 15 is 0 Å². The summed E-state index contributed by atoms with van der Waals surface area (Å²) in [4.78, 5) is 96.6. The first-order valence-corrected chi connectivity index (χ1v) is 22.1. The summed E-state index contributed by atoms with van der Waals surface area (Å²) in [5.74, 6) is -0.559. The maximum atomic E-state index is 13.3. The molecule has 1 aromatic heterocycles. The number of primary amides is 1. The van der Waals surface area contributed by atoms with Crippen molar-refractivity contribution in [2.75, 3.05) is 81.1 Å². The summed E-state index contributed by atoms with van der Waals surface area (Å²) in [6.07, 6.45) is 9.11. The third-order valence-corrected chi connectivity index (χ3v) is 13.9. The van der Waals surface area contributed by atoms with Crippen molar-refractivity contribution >= 4 is 58.6 Å². The Bertz CT molecular complexity index is 2260. The summed E-state index contributed by atoms with van der Waals surface area (Å²) < 4.78 is 0. The van der Waals surface area contributed by atoms with Crippen LogP contribution < -0.4 is 26.2 Å². The number of likely N-dealkylation sites (tertiary alicyclic amines) is 1. The van der Waals surface area contributed by atoms with Crippen molar-refractivity contribution in [2.45, 2.75) is 75.8 Å². The molecule has 62 heavy (non-hydrogen) atoms. The van der Waals surface area contributed by atoms with E-state index in [4.69, 9.17) is 10.7 Å². The number of nitrogens with two attached hydrogens (primary N) is 1. The predicted molar refractivity (Wildman–Crippen MR) is 233 cm³/mol. The Labute approximate surface area is 362 Å². The summed E-state index contributed by atoms with van der Waals surface area (Å²) in [5, 5.41) is 5.56. The van der Waals surface area contributed by atoms with Gasteiger partial charge in [0.2, 0.25) is 11.8 Å². The predicted octanol–water partition coefficient (Wildman–Crippen LogP) is 3.79. The van der Waals surface area contributed by atoms with Crippen molar-refractivity contribution in [2.24, 2.45) is 11.7 Å². The molecule has 1 unspecified atom stereocenters. The van der Waals surface area contributed by atoms with Gasteiger partial charge in [-0.15, -0.1) is 0 Å². The molecular weight excluding hydrogens is 791 g/mol. The van der Waals surface area contributed by atoms with Gasteiger partial charge >= 0.3 is 6.03 Å². The zero-order valence-corrected chi connectivity index (χ0v) is 35.3. The lowest BCUT2D eigenvalue weighted by atomic mass is 9.88. The average Bonchev–Trinajstić information content (AvgIpc) is 3.75. The van der Waals surface area contributed by atoms with E-state index in [1.54, 1.807) is 23.2 Å². The highest BCUT2D eigenvalue weighted by Crippen LogP contribution is 2.34. The van der Waals surface area contributed by atoms with Crippen LogP contribution in [0.25, 0.3) is 0 Å². The molecule has 5 fully saturated rings. The number of anilines is 4. The topological polar surface area (TPSA) is 198 Å². The molecule has 9 rings (SSSR count). The Morgan fingerprint density at radius 1 is 0.855 bits per heavy atom. The van der Waals surface area contributed by atoms with Crippen LogP contribution in [0.5, 0.6) is 0 Å². The molecule has 4 N–H and O–H groups in total. The second-order valence-corrected chi connectivity index (χ2v) is 17.7. The third-order valence-electron chi connectivity index (χ3n) is 13.9. The van der Waals surface area contributed by atoms with E-state index in [-0.39, 0.29) is 37.9 Å². The molecule has 7 heterocycles. The van der Waals surface area contributed by atoms with Crippen LogP contribution in [-0.2, 0) is 9.59 Å². The molecule has 2 aromatic carbocycles. The Kier molecular flexibility index (Phi) is 11.5. The number of carbonyl (C=O) groups excluding carboxylic acids is 6. The number of carbonyl (C=O) groups is 6. The van der Waals surface area contributed by atoms with Crippen molar-refractivity contribution in [3.8, 4) is 0 Å². The van der Waals surface area contributed by atoms with Gasteiger partial charge in [0.1, 0.15) is 11.9 Å². The lowest BCUT2D eigenvalue weighted by Crippen LogP contribution is -2.54. The molecule has 5 saturated heterocycles. The number of rotatable bonds is 11. The van der Waals surface area contributed by atoms with E-state index in [1.807, 2.05) is 30.1 Å². The van der Waals surface area contributed by atoms with Crippen molar-refractivity contribution in [1.29, 1.82) is 0 Å². The summed E-state index contributed by atoms with van der Waals surface area (Å²) in [6, 6.07) is 12.9. The number of likely N-dealkylation sites (N-methyl/N-ethyl adjacent to an activating group) is 1. The van der Waals surface area contributed by atoms with Gasteiger partial charge in [0.15, 0.2) is 11.5 Å². The largest absolute Gasteiger partial charge is 0.371 e. The minimum atomic E-state index is -0.968. The van der Waals surface area contributed by atoms with E-state index in [1.165, 1.54) is 5.56 Å². The molecule has 7 amide bonds. The molecule has 6 aliphatic heterocycles. The third kappa shape index (κ3) is 8.29. The standard InChI is InChI=1S/C45H55N11O6.H2/c1-51-23-24-55(45(51)62)33-3-2-17-54(27-33)37-26-47-39(40(46)58)41(49-37)48-31-6-4-29(5-7-31)30-15-19-52(20-16-30)18-12-28-13-21-53(22-14-28)32-8-9-34-35(25-32)44(61)56(43(34)60)36-10-11-38(57)50-42(36)59;/h4-9,25-26,28,30,33,36H,2-3,10-24,27H2,1H3,(H2,46,58)(H,48,49)(H,50,57,59);1H/t33-,36?;/m1./s1. The molecule has 3 aromatic rings. The van der Waals surface area contributed by atoms with Crippen LogP contribution in [0.1, 0.15) is 102 Å². The Morgan fingerprint density at radius 3 is 2.32 bits per heavy atom. The summed E-state index contributed by atoms with van der Waals surface area (Å²) in [7, 11) is 1.83. The molecule has 2 atom stereocenters. The normalized spacial score (nSPS) is 23.0. The van der Waals surface area contributed by atoms with E-state index < -0.39 is 29.7 Å². The summed E-state index contributed by atoms with van der Waals surface area (Å²) in [6.45, 7) is 7.80. The second-order valence-electron chi connectivity index (χ2n) is 17.7. The van der Waals surface area contributed by atoms with Gasteiger partial charge in [0.25, 0.3) is 17.7 Å². The van der Waals surface area contributed by atoms with E-state index in [2.05, 4.69) is 42.5 Å². The molecule has 328 valence electrons. The number of hydrogen-bond acceptors (Lipinski definition) is 12. The van der Waals surface area contributed by atoms with Gasteiger partial charge in [0, 0.05) is 65.5 Å². The number of nitrogens with one attached hydrogen (secondary N) is 2. The average molecular weight is 848 g/mol. The van der Waals surface area contributed by atoms with Crippen LogP contribution in [0.4, 0.5) is 27.8 Å². The lowest BCUT2D eigenvalue weighted by Gasteiger charge is -2.37. The van der Waals surface area contributed by atoms with Gasteiger partial charge in [-0.3, -0.25) is 34.2 Å². The molecule has 0 saturated carbocycles. The van der Waals surface area contributed by atoms with Crippen LogP contribution in [0, 0.1) is 5.92 Å². The molecule has 0 bridgehead atoms. The maximum absolute atomic E-state index is 13.3. The zero-order chi connectivity index (χ0) is 43.1. The molecule has 17 nitrogen and oxygen atoms in total. The number of urea groups is 1. The van der Waals surface area contributed by atoms with Gasteiger partial charge in [-0.05, 0) is 119 Å². The van der Waals surface area contributed by atoms with Gasteiger partial charge < -0.3 is 35.6 Å². The van der Waals surface area contributed by atoms with E-state index in [0.717, 1.165) is 114 Å². The number of imide groups is 2. The number of piperidine rings is 4. The van der Waals surface area contributed by atoms with Crippen LogP contribution in [0.3, 0.4) is 0 Å².